The van der Waals surface area contributed by atoms with Crippen LogP contribution in [-0.2, 0) is 15.0 Å². The highest BCUT2D eigenvalue weighted by Crippen LogP contribution is 2.31. The number of carboxylic acids is 1. The van der Waals surface area contributed by atoms with Crippen LogP contribution >= 0.6 is 11.6 Å². The number of rotatable bonds is 4. The summed E-state index contributed by atoms with van der Waals surface area (Å²) in [5, 5.41) is 11.9. The van der Waals surface area contributed by atoms with Gasteiger partial charge in [0.15, 0.2) is 0 Å². The first-order chi connectivity index (χ1) is 9.71. The molecule has 21 heavy (non-hydrogen) atoms. The van der Waals surface area contributed by atoms with Crippen molar-refractivity contribution in [3.05, 3.63) is 34.6 Å². The van der Waals surface area contributed by atoms with Gasteiger partial charge in [-0.1, -0.05) is 17.7 Å². The molecular formula is C15H17ClFNO3. The van der Waals surface area contributed by atoms with E-state index in [4.69, 9.17) is 16.7 Å². The van der Waals surface area contributed by atoms with Gasteiger partial charge in [-0.25, -0.2) is 4.39 Å². The molecule has 0 atom stereocenters. The molecule has 0 radical (unpaired) electrons. The van der Waals surface area contributed by atoms with Gasteiger partial charge in [-0.3, -0.25) is 9.59 Å². The van der Waals surface area contributed by atoms with Crippen molar-refractivity contribution in [3.8, 4) is 0 Å². The third-order valence-corrected chi connectivity index (χ3v) is 4.23. The molecule has 0 spiro atoms. The van der Waals surface area contributed by atoms with Gasteiger partial charge in [0.2, 0.25) is 5.91 Å². The molecule has 0 aromatic heterocycles. The minimum atomic E-state index is -1.05. The van der Waals surface area contributed by atoms with Crippen LogP contribution in [0, 0.1) is 11.7 Å². The summed E-state index contributed by atoms with van der Waals surface area (Å²) < 4.78 is 14.0. The lowest BCUT2D eigenvalue weighted by atomic mass is 9.78. The molecule has 1 aromatic rings. The number of aliphatic carboxylic acids is 1. The molecule has 2 N–H and O–H groups in total. The third-order valence-electron chi connectivity index (χ3n) is 3.99. The van der Waals surface area contributed by atoms with Crippen LogP contribution < -0.4 is 5.32 Å². The molecule has 6 heteroatoms. The van der Waals surface area contributed by atoms with Crippen LogP contribution in [0.5, 0.6) is 0 Å². The van der Waals surface area contributed by atoms with E-state index in [2.05, 4.69) is 5.32 Å². The van der Waals surface area contributed by atoms with Crippen LogP contribution in [0.4, 0.5) is 4.39 Å². The van der Waals surface area contributed by atoms with Gasteiger partial charge >= 0.3 is 5.97 Å². The predicted molar refractivity (Wildman–Crippen MR) is 76.7 cm³/mol. The van der Waals surface area contributed by atoms with Gasteiger partial charge in [-0.15, -0.1) is 0 Å². The molecular weight excluding hydrogens is 297 g/mol. The summed E-state index contributed by atoms with van der Waals surface area (Å²) in [6.45, 7) is 3.25. The zero-order valence-electron chi connectivity index (χ0n) is 11.8. The minimum Gasteiger partial charge on any atom is -0.481 e. The van der Waals surface area contributed by atoms with E-state index in [1.54, 1.807) is 19.9 Å². The quantitative estimate of drug-likeness (QED) is 0.898. The van der Waals surface area contributed by atoms with Crippen molar-refractivity contribution in [2.24, 2.45) is 5.92 Å². The fourth-order valence-corrected chi connectivity index (χ4v) is 2.58. The minimum absolute atomic E-state index is 0.159. The van der Waals surface area contributed by atoms with Crippen molar-refractivity contribution in [2.45, 2.75) is 38.1 Å². The lowest BCUT2D eigenvalue weighted by molar-refractivity contribution is -0.146. The second-order valence-electron chi connectivity index (χ2n) is 5.93. The fourth-order valence-electron chi connectivity index (χ4n) is 2.42. The van der Waals surface area contributed by atoms with E-state index in [0.29, 0.717) is 12.8 Å². The smallest absolute Gasteiger partial charge is 0.306 e. The summed E-state index contributed by atoms with van der Waals surface area (Å²) in [6, 6.07) is 4.06. The lowest BCUT2D eigenvalue weighted by Gasteiger charge is -2.35. The monoisotopic (exact) mass is 313 g/mol. The van der Waals surface area contributed by atoms with Crippen molar-refractivity contribution in [1.29, 1.82) is 0 Å². The number of halogens is 2. The zero-order valence-corrected chi connectivity index (χ0v) is 12.6. The fraction of sp³-hybridized carbons (Fsp3) is 0.467. The van der Waals surface area contributed by atoms with E-state index in [-0.39, 0.29) is 22.5 Å². The van der Waals surface area contributed by atoms with Crippen molar-refractivity contribution in [1.82, 2.24) is 5.32 Å². The van der Waals surface area contributed by atoms with Crippen molar-refractivity contribution in [2.75, 3.05) is 0 Å². The second kappa shape index (κ2) is 5.64. The largest absolute Gasteiger partial charge is 0.481 e. The Hall–Kier alpha value is -1.62. The number of hydrogen-bond acceptors (Lipinski definition) is 2. The van der Waals surface area contributed by atoms with Gasteiger partial charge in [0.25, 0.3) is 0 Å². The molecule has 1 aliphatic rings. The molecule has 2 rings (SSSR count). The van der Waals surface area contributed by atoms with Gasteiger partial charge in [0.1, 0.15) is 5.82 Å². The summed E-state index contributed by atoms with van der Waals surface area (Å²) in [7, 11) is 0. The number of nitrogens with one attached hydrogen (secondary N) is 1. The topological polar surface area (TPSA) is 66.4 Å². The summed E-state index contributed by atoms with van der Waals surface area (Å²) >= 11 is 5.71. The number of carbonyl (C=O) groups excluding carboxylic acids is 1. The van der Waals surface area contributed by atoms with Gasteiger partial charge in [0, 0.05) is 16.6 Å². The van der Waals surface area contributed by atoms with Gasteiger partial charge in [-0.2, -0.15) is 0 Å². The number of benzene rings is 1. The Balaban J connectivity index is 2.05. The molecule has 0 unspecified atom stereocenters. The van der Waals surface area contributed by atoms with E-state index >= 15 is 0 Å². The first kappa shape index (κ1) is 15.8. The van der Waals surface area contributed by atoms with Crippen LogP contribution in [-0.4, -0.2) is 23.0 Å². The standard InChI is InChI=1S/C15H17ClFNO3/c1-15(2,11-4-3-9(16)7-12(11)17)14(21)18-10-5-8(6-10)13(19)20/h3-4,7-8,10H,5-6H2,1-2H3,(H,18,21)(H,19,20). The Morgan fingerprint density at radius 2 is 2.00 bits per heavy atom. The van der Waals surface area contributed by atoms with Crippen LogP contribution in [0.25, 0.3) is 0 Å². The Bertz CT molecular complexity index is 582. The summed E-state index contributed by atoms with van der Waals surface area (Å²) in [4.78, 5) is 23.1. The maximum absolute atomic E-state index is 14.0. The SMILES string of the molecule is CC(C)(C(=O)NC1CC(C(=O)O)C1)c1ccc(Cl)cc1F. The molecule has 1 amide bonds. The molecule has 0 aliphatic heterocycles. The maximum atomic E-state index is 14.0. The van der Waals surface area contributed by atoms with Crippen molar-refractivity contribution in [3.63, 3.8) is 0 Å². The normalized spacial score (nSPS) is 21.5. The lowest BCUT2D eigenvalue weighted by Crippen LogP contribution is -2.51. The van der Waals surface area contributed by atoms with Crippen molar-refractivity contribution < 1.29 is 19.1 Å². The summed E-state index contributed by atoms with van der Waals surface area (Å²) in [5.41, 5.74) is -0.790. The average Bonchev–Trinajstić information content (AvgIpc) is 2.31. The second-order valence-corrected chi connectivity index (χ2v) is 6.36. The molecule has 1 saturated carbocycles. The summed E-state index contributed by atoms with van der Waals surface area (Å²) in [6.07, 6.45) is 0.834. The van der Waals surface area contributed by atoms with Gasteiger partial charge < -0.3 is 10.4 Å². The number of hydrogen-bond donors (Lipinski definition) is 2. The Kier molecular flexibility index (Phi) is 4.23. The number of carbonyl (C=O) groups is 2. The van der Waals surface area contributed by atoms with Crippen molar-refractivity contribution >= 4 is 23.5 Å². The maximum Gasteiger partial charge on any atom is 0.306 e. The highest BCUT2D eigenvalue weighted by atomic mass is 35.5. The first-order valence-corrected chi connectivity index (χ1v) is 7.09. The molecule has 4 nitrogen and oxygen atoms in total. The molecule has 114 valence electrons. The number of carboxylic acid groups (broad SMARTS) is 1. The molecule has 0 saturated heterocycles. The van der Waals surface area contributed by atoms with E-state index in [9.17, 15) is 14.0 Å². The first-order valence-electron chi connectivity index (χ1n) is 6.71. The molecule has 0 bridgehead atoms. The molecule has 1 aliphatic carbocycles. The Labute approximate surface area is 127 Å². The number of amides is 1. The average molecular weight is 314 g/mol. The van der Waals surface area contributed by atoms with E-state index in [1.165, 1.54) is 12.1 Å². The predicted octanol–water partition coefficient (Wildman–Crippen LogP) is 2.74. The molecule has 0 heterocycles. The molecule has 1 fully saturated rings. The highest BCUT2D eigenvalue weighted by Gasteiger charge is 2.39. The van der Waals surface area contributed by atoms with Crippen LogP contribution in [0.15, 0.2) is 18.2 Å². The van der Waals surface area contributed by atoms with E-state index in [0.717, 1.165) is 0 Å². The Morgan fingerprint density at radius 3 is 2.52 bits per heavy atom. The van der Waals surface area contributed by atoms with Crippen LogP contribution in [0.3, 0.4) is 0 Å². The van der Waals surface area contributed by atoms with Crippen LogP contribution in [0.1, 0.15) is 32.3 Å². The highest BCUT2D eigenvalue weighted by molar-refractivity contribution is 6.30. The Morgan fingerprint density at radius 1 is 1.38 bits per heavy atom. The molecule has 1 aromatic carbocycles. The third kappa shape index (κ3) is 3.18. The van der Waals surface area contributed by atoms with Gasteiger partial charge in [-0.05, 0) is 38.8 Å². The van der Waals surface area contributed by atoms with E-state index in [1.807, 2.05) is 0 Å². The van der Waals surface area contributed by atoms with Crippen LogP contribution in [0.2, 0.25) is 5.02 Å². The zero-order chi connectivity index (χ0) is 15.8. The van der Waals surface area contributed by atoms with Gasteiger partial charge in [0.05, 0.1) is 11.3 Å². The van der Waals surface area contributed by atoms with E-state index < -0.39 is 23.1 Å². The summed E-state index contributed by atoms with van der Waals surface area (Å²) in [5.74, 6) is -2.09.